The zero-order valence-electron chi connectivity index (χ0n) is 14.5. The van der Waals surface area contributed by atoms with Crippen molar-refractivity contribution in [3.05, 3.63) is 41.5 Å². The van der Waals surface area contributed by atoms with Gasteiger partial charge in [0.15, 0.2) is 0 Å². The van der Waals surface area contributed by atoms with Crippen LogP contribution in [0.4, 0.5) is 5.69 Å². The zero-order valence-corrected chi connectivity index (χ0v) is 14.5. The summed E-state index contributed by atoms with van der Waals surface area (Å²) in [6.45, 7) is 0. The van der Waals surface area contributed by atoms with E-state index >= 15 is 0 Å². The van der Waals surface area contributed by atoms with Gasteiger partial charge in [0, 0.05) is 31.6 Å². The molecule has 1 saturated heterocycles. The van der Waals surface area contributed by atoms with Gasteiger partial charge in [-0.25, -0.2) is 0 Å². The number of anilines is 1. The molecule has 1 heterocycles. The Hall–Kier alpha value is -1.28. The van der Waals surface area contributed by atoms with E-state index in [1.807, 2.05) is 0 Å². The highest BCUT2D eigenvalue weighted by molar-refractivity contribution is 5.46. The molecule has 2 fully saturated rings. The Bertz CT molecular complexity index is 574. The summed E-state index contributed by atoms with van der Waals surface area (Å²) in [7, 11) is 4.20. The van der Waals surface area contributed by atoms with Crippen LogP contribution in [-0.4, -0.2) is 20.2 Å². The van der Waals surface area contributed by atoms with Crippen molar-refractivity contribution in [3.8, 4) is 0 Å². The Balaban J connectivity index is 1.64. The summed E-state index contributed by atoms with van der Waals surface area (Å²) in [5.74, 6) is 1.33. The van der Waals surface area contributed by atoms with E-state index in [0.717, 1.165) is 0 Å². The molecule has 2 heteroatoms. The summed E-state index contributed by atoms with van der Waals surface area (Å²) in [6.07, 6.45) is 12.5. The lowest BCUT2D eigenvalue weighted by atomic mass is 9.68. The number of benzene rings is 1. The van der Waals surface area contributed by atoms with E-state index in [0.29, 0.717) is 17.9 Å². The van der Waals surface area contributed by atoms with Crippen molar-refractivity contribution in [3.63, 3.8) is 0 Å². The maximum Gasteiger partial charge on any atom is 0.0894 e. The normalized spacial score (nSPS) is 33.4. The summed E-state index contributed by atoms with van der Waals surface area (Å²) in [5.41, 5.74) is 4.38. The standard InChI is InChI=1S/C21H29NO/c1-22(2)16-13-11-15(12-14-16)21-19-9-4-3-7-17(19)18-8-5-6-10-20(18)23-21/h7,11-14,18-21H,3-6,8-10H2,1-2H3/t18-,19-,20+,21-/m1/s1. The van der Waals surface area contributed by atoms with Crippen LogP contribution in [0.15, 0.2) is 35.9 Å². The van der Waals surface area contributed by atoms with Crippen molar-refractivity contribution >= 4 is 5.69 Å². The quantitative estimate of drug-likeness (QED) is 0.704. The lowest BCUT2D eigenvalue weighted by Crippen LogP contribution is -2.41. The minimum absolute atomic E-state index is 0.275. The minimum Gasteiger partial charge on any atom is -0.378 e. The zero-order chi connectivity index (χ0) is 15.8. The molecule has 1 aliphatic heterocycles. The van der Waals surface area contributed by atoms with Gasteiger partial charge in [0.1, 0.15) is 0 Å². The third kappa shape index (κ3) is 2.82. The smallest absolute Gasteiger partial charge is 0.0894 e. The van der Waals surface area contributed by atoms with Crippen molar-refractivity contribution in [1.82, 2.24) is 0 Å². The van der Waals surface area contributed by atoms with Gasteiger partial charge < -0.3 is 9.64 Å². The molecule has 0 amide bonds. The van der Waals surface area contributed by atoms with Crippen LogP contribution in [-0.2, 0) is 4.74 Å². The summed E-state index contributed by atoms with van der Waals surface area (Å²) in [6, 6.07) is 9.04. The summed E-state index contributed by atoms with van der Waals surface area (Å²) in [4.78, 5) is 2.16. The molecule has 0 N–H and O–H groups in total. The van der Waals surface area contributed by atoms with Crippen molar-refractivity contribution < 1.29 is 4.74 Å². The number of allylic oxidation sites excluding steroid dienone is 1. The summed E-state index contributed by atoms with van der Waals surface area (Å²) >= 11 is 0. The predicted octanol–water partition coefficient (Wildman–Crippen LogP) is 5.11. The molecule has 0 spiro atoms. The predicted molar refractivity (Wildman–Crippen MR) is 95.8 cm³/mol. The molecule has 0 aromatic heterocycles. The monoisotopic (exact) mass is 311 g/mol. The third-order valence-corrected chi connectivity index (χ3v) is 6.08. The molecule has 2 aliphatic carbocycles. The molecule has 1 aromatic carbocycles. The fourth-order valence-corrected chi connectivity index (χ4v) is 4.87. The topological polar surface area (TPSA) is 12.5 Å². The van der Waals surface area contributed by atoms with Crippen LogP contribution in [0.3, 0.4) is 0 Å². The molecular weight excluding hydrogens is 282 g/mol. The van der Waals surface area contributed by atoms with Gasteiger partial charge in [0.25, 0.3) is 0 Å². The maximum absolute atomic E-state index is 6.69. The van der Waals surface area contributed by atoms with Crippen LogP contribution in [0, 0.1) is 11.8 Å². The van der Waals surface area contributed by atoms with Crippen molar-refractivity contribution in [2.75, 3.05) is 19.0 Å². The van der Waals surface area contributed by atoms with Crippen molar-refractivity contribution in [1.29, 1.82) is 0 Å². The summed E-state index contributed by atoms with van der Waals surface area (Å²) < 4.78 is 6.69. The molecule has 4 atom stereocenters. The van der Waals surface area contributed by atoms with Crippen LogP contribution in [0.1, 0.15) is 56.6 Å². The van der Waals surface area contributed by atoms with Crippen LogP contribution in [0.25, 0.3) is 0 Å². The second-order valence-electron chi connectivity index (χ2n) is 7.71. The first-order valence-electron chi connectivity index (χ1n) is 9.37. The molecule has 4 rings (SSSR count). The first-order chi connectivity index (χ1) is 11.2. The fraction of sp³-hybridized carbons (Fsp3) is 0.619. The lowest BCUT2D eigenvalue weighted by Gasteiger charge is -2.47. The molecule has 0 bridgehead atoms. The molecule has 124 valence electrons. The highest BCUT2D eigenvalue weighted by Crippen LogP contribution is 2.51. The second-order valence-corrected chi connectivity index (χ2v) is 7.71. The second kappa shape index (κ2) is 6.32. The third-order valence-electron chi connectivity index (χ3n) is 6.08. The van der Waals surface area contributed by atoms with Crippen LogP contribution in [0.2, 0.25) is 0 Å². The van der Waals surface area contributed by atoms with Gasteiger partial charge in [0.2, 0.25) is 0 Å². The van der Waals surface area contributed by atoms with Gasteiger partial charge in [-0.3, -0.25) is 0 Å². The Morgan fingerprint density at radius 3 is 2.43 bits per heavy atom. The van der Waals surface area contributed by atoms with Gasteiger partial charge >= 0.3 is 0 Å². The summed E-state index contributed by atoms with van der Waals surface area (Å²) in [5, 5.41) is 0. The van der Waals surface area contributed by atoms with Crippen LogP contribution < -0.4 is 4.90 Å². The highest BCUT2D eigenvalue weighted by atomic mass is 16.5. The number of nitrogens with zero attached hydrogens (tertiary/aromatic N) is 1. The Morgan fingerprint density at radius 2 is 1.65 bits per heavy atom. The molecular formula is C21H29NO. The Kier molecular flexibility index (Phi) is 4.19. The minimum atomic E-state index is 0.275. The number of hydrogen-bond donors (Lipinski definition) is 0. The SMILES string of the molecule is CN(C)c1ccc([C@H]2O[C@H]3CCCC[C@@H]3C3=CCCC[C@H]32)cc1. The van der Waals surface area contributed by atoms with E-state index in [-0.39, 0.29) is 6.10 Å². The van der Waals surface area contributed by atoms with Gasteiger partial charge in [-0.15, -0.1) is 0 Å². The Morgan fingerprint density at radius 1 is 0.913 bits per heavy atom. The van der Waals surface area contributed by atoms with E-state index in [9.17, 15) is 0 Å². The van der Waals surface area contributed by atoms with Crippen molar-refractivity contribution in [2.45, 2.75) is 57.2 Å². The molecule has 0 radical (unpaired) electrons. The van der Waals surface area contributed by atoms with Gasteiger partial charge in [-0.2, -0.15) is 0 Å². The molecule has 23 heavy (non-hydrogen) atoms. The van der Waals surface area contributed by atoms with E-state index in [4.69, 9.17) is 4.74 Å². The first-order valence-corrected chi connectivity index (χ1v) is 9.37. The number of ether oxygens (including phenoxy) is 1. The van der Waals surface area contributed by atoms with Gasteiger partial charge in [-0.05, 0) is 49.8 Å². The first kappa shape index (κ1) is 15.3. The maximum atomic E-state index is 6.69. The van der Waals surface area contributed by atoms with E-state index in [1.165, 1.54) is 56.2 Å². The molecule has 0 unspecified atom stereocenters. The number of hydrogen-bond acceptors (Lipinski definition) is 2. The van der Waals surface area contributed by atoms with E-state index < -0.39 is 0 Å². The fourth-order valence-electron chi connectivity index (χ4n) is 4.87. The van der Waals surface area contributed by atoms with Gasteiger partial charge in [-0.1, -0.05) is 36.6 Å². The average Bonchev–Trinajstić information content (AvgIpc) is 2.61. The molecule has 2 nitrogen and oxygen atoms in total. The largest absolute Gasteiger partial charge is 0.378 e. The number of fused-ring (bicyclic) bond motifs is 3. The Labute approximate surface area is 140 Å². The highest BCUT2D eigenvalue weighted by Gasteiger charge is 2.43. The van der Waals surface area contributed by atoms with Crippen molar-refractivity contribution in [2.24, 2.45) is 11.8 Å². The lowest BCUT2D eigenvalue weighted by molar-refractivity contribution is -0.106. The number of rotatable bonds is 2. The van der Waals surface area contributed by atoms with E-state index in [2.05, 4.69) is 49.3 Å². The molecule has 3 aliphatic rings. The molecule has 1 saturated carbocycles. The molecule has 1 aromatic rings. The van der Waals surface area contributed by atoms with Crippen LogP contribution in [0.5, 0.6) is 0 Å². The van der Waals surface area contributed by atoms with E-state index in [1.54, 1.807) is 5.57 Å². The average molecular weight is 311 g/mol. The van der Waals surface area contributed by atoms with Crippen LogP contribution >= 0.6 is 0 Å². The van der Waals surface area contributed by atoms with Gasteiger partial charge in [0.05, 0.1) is 12.2 Å².